The van der Waals surface area contributed by atoms with Crippen LogP contribution in [0.3, 0.4) is 0 Å². The molecule has 0 amide bonds. The molecule has 4 nitrogen and oxygen atoms in total. The van der Waals surface area contributed by atoms with E-state index in [0.29, 0.717) is 13.0 Å². The number of phenolic OH excluding ortho intramolecular Hbond substituents is 1. The van der Waals surface area contributed by atoms with Crippen LogP contribution in [0, 0.1) is 0 Å². The van der Waals surface area contributed by atoms with Gasteiger partial charge in [0.15, 0.2) is 5.78 Å². The summed E-state index contributed by atoms with van der Waals surface area (Å²) in [6.07, 6.45) is 3.16. The molecule has 0 saturated heterocycles. The van der Waals surface area contributed by atoms with Crippen molar-refractivity contribution in [1.29, 1.82) is 0 Å². The first-order valence-corrected chi connectivity index (χ1v) is 8.12. The van der Waals surface area contributed by atoms with Crippen molar-refractivity contribution in [3.05, 3.63) is 71.8 Å². The third-order valence-corrected chi connectivity index (χ3v) is 3.92. The van der Waals surface area contributed by atoms with Gasteiger partial charge in [-0.2, -0.15) is 0 Å². The van der Waals surface area contributed by atoms with Crippen molar-refractivity contribution in [1.82, 2.24) is 0 Å². The summed E-state index contributed by atoms with van der Waals surface area (Å²) in [6, 6.07) is 16.2. The Balaban J connectivity index is 1.75. The summed E-state index contributed by atoms with van der Waals surface area (Å²) in [4.78, 5) is 11.9. The van der Waals surface area contributed by atoms with Gasteiger partial charge in [0.05, 0.1) is 13.0 Å². The Bertz CT molecular complexity index is 665. The fraction of sp³-hybridized carbons (Fsp3) is 0.250. The fourth-order valence-electron chi connectivity index (χ4n) is 2.43. The second-order valence-electron chi connectivity index (χ2n) is 5.88. The van der Waals surface area contributed by atoms with Crippen molar-refractivity contribution in [2.75, 3.05) is 6.54 Å². The number of carbonyl (C=O) groups is 1. The molecule has 0 saturated carbocycles. The minimum Gasteiger partial charge on any atom is -0.508 e. The number of nitrogens with two attached hydrogens (primary N) is 1. The Morgan fingerprint density at radius 1 is 1.12 bits per heavy atom. The van der Waals surface area contributed by atoms with Crippen LogP contribution >= 0.6 is 0 Å². The number of phenols is 1. The number of hydrogen-bond acceptors (Lipinski definition) is 3. The Kier molecular flexibility index (Phi) is 6.73. The van der Waals surface area contributed by atoms with Crippen LogP contribution in [0.4, 0.5) is 0 Å². The fourth-order valence-corrected chi connectivity index (χ4v) is 2.43. The molecule has 4 N–H and O–H groups in total. The lowest BCUT2D eigenvalue weighted by Gasteiger charge is -2.17. The monoisotopic (exact) mass is 326 g/mol. The van der Waals surface area contributed by atoms with Crippen LogP contribution in [-0.2, 0) is 4.79 Å². The second-order valence-corrected chi connectivity index (χ2v) is 5.88. The van der Waals surface area contributed by atoms with Gasteiger partial charge >= 0.3 is 0 Å². The average molecular weight is 326 g/mol. The molecule has 0 aliphatic carbocycles. The number of rotatable bonds is 8. The zero-order chi connectivity index (χ0) is 17.4. The lowest BCUT2D eigenvalue weighted by Crippen LogP contribution is -2.90. The average Bonchev–Trinajstić information content (AvgIpc) is 2.61. The molecule has 2 aromatic carbocycles. The molecule has 0 heterocycles. The highest BCUT2D eigenvalue weighted by molar-refractivity contribution is 5.93. The van der Waals surface area contributed by atoms with Crippen molar-refractivity contribution in [2.45, 2.75) is 25.5 Å². The first-order chi connectivity index (χ1) is 11.6. The number of aliphatic hydroxyl groups is 1. The number of aliphatic hydroxyl groups excluding tert-OH is 1. The van der Waals surface area contributed by atoms with Crippen molar-refractivity contribution in [3.63, 3.8) is 0 Å². The molecule has 0 aliphatic heterocycles. The van der Waals surface area contributed by atoms with Gasteiger partial charge in [0.25, 0.3) is 0 Å². The van der Waals surface area contributed by atoms with Crippen LogP contribution in [-0.4, -0.2) is 28.6 Å². The molecule has 24 heavy (non-hydrogen) atoms. The van der Waals surface area contributed by atoms with Crippen molar-refractivity contribution in [2.24, 2.45) is 0 Å². The van der Waals surface area contributed by atoms with Crippen molar-refractivity contribution in [3.8, 4) is 5.75 Å². The highest BCUT2D eigenvalue weighted by atomic mass is 16.3. The van der Waals surface area contributed by atoms with Crippen LogP contribution in [0.2, 0.25) is 0 Å². The lowest BCUT2D eigenvalue weighted by molar-refractivity contribution is -0.693. The molecule has 0 fully saturated rings. The smallest absolute Gasteiger partial charge is 0.161 e. The summed E-state index contributed by atoms with van der Waals surface area (Å²) in [7, 11) is 0. The number of aromatic hydroxyl groups is 1. The van der Waals surface area contributed by atoms with Crippen LogP contribution < -0.4 is 5.32 Å². The van der Waals surface area contributed by atoms with Gasteiger partial charge in [0.1, 0.15) is 17.9 Å². The summed E-state index contributed by atoms with van der Waals surface area (Å²) in [5.74, 6) is 0.250. The molecule has 0 spiro atoms. The van der Waals surface area contributed by atoms with E-state index in [9.17, 15) is 15.0 Å². The van der Waals surface area contributed by atoms with E-state index in [-0.39, 0.29) is 17.6 Å². The molecule has 2 aromatic rings. The number of allylic oxidation sites excluding steroid dienone is 1. The van der Waals surface area contributed by atoms with Gasteiger partial charge in [0.2, 0.25) is 0 Å². The van der Waals surface area contributed by atoms with E-state index in [1.54, 1.807) is 36.4 Å². The highest BCUT2D eigenvalue weighted by Crippen LogP contribution is 2.13. The van der Waals surface area contributed by atoms with Crippen LogP contribution in [0.1, 0.15) is 30.6 Å². The predicted octanol–water partition coefficient (Wildman–Crippen LogP) is 2.05. The number of quaternary nitrogens is 1. The van der Waals surface area contributed by atoms with Gasteiger partial charge in [-0.15, -0.1) is 0 Å². The Morgan fingerprint density at radius 3 is 2.46 bits per heavy atom. The molecule has 0 aliphatic rings. The van der Waals surface area contributed by atoms with E-state index < -0.39 is 6.10 Å². The summed E-state index contributed by atoms with van der Waals surface area (Å²) in [5, 5.41) is 21.5. The van der Waals surface area contributed by atoms with E-state index in [2.05, 4.69) is 0 Å². The molecule has 0 aromatic heterocycles. The summed E-state index contributed by atoms with van der Waals surface area (Å²) in [5.41, 5.74) is 1.76. The standard InChI is InChI=1S/C20H23NO3/c1-15(20(24)17-5-3-2-4-6-17)21-14-13-19(23)12-9-16-7-10-18(22)11-8-16/h2-12,15,20-22,24H,13-14H2,1H3/p+1/b12-9+. The van der Waals surface area contributed by atoms with Crippen LogP contribution in [0.25, 0.3) is 6.08 Å². The van der Waals surface area contributed by atoms with Crippen molar-refractivity contribution >= 4 is 11.9 Å². The highest BCUT2D eigenvalue weighted by Gasteiger charge is 2.18. The molecule has 0 bridgehead atoms. The Morgan fingerprint density at radius 2 is 1.79 bits per heavy atom. The number of benzene rings is 2. The SMILES string of the molecule is CC([NH2+]CCC(=O)/C=C/c1ccc(O)cc1)C(O)c1ccccc1. The summed E-state index contributed by atoms with van der Waals surface area (Å²) in [6.45, 7) is 2.58. The molecular weight excluding hydrogens is 302 g/mol. The maximum Gasteiger partial charge on any atom is 0.161 e. The Hall–Kier alpha value is -2.43. The molecule has 126 valence electrons. The van der Waals surface area contributed by atoms with Gasteiger partial charge in [-0.3, -0.25) is 4.79 Å². The topological polar surface area (TPSA) is 74.1 Å². The lowest BCUT2D eigenvalue weighted by atomic mass is 10.0. The van der Waals surface area contributed by atoms with E-state index in [1.807, 2.05) is 42.6 Å². The van der Waals surface area contributed by atoms with E-state index in [4.69, 9.17) is 0 Å². The van der Waals surface area contributed by atoms with E-state index >= 15 is 0 Å². The van der Waals surface area contributed by atoms with E-state index in [0.717, 1.165) is 11.1 Å². The second kappa shape index (κ2) is 9.01. The maximum atomic E-state index is 11.9. The van der Waals surface area contributed by atoms with Crippen LogP contribution in [0.15, 0.2) is 60.7 Å². The maximum absolute atomic E-state index is 11.9. The zero-order valence-corrected chi connectivity index (χ0v) is 13.8. The third kappa shape index (κ3) is 5.65. The predicted molar refractivity (Wildman–Crippen MR) is 94.4 cm³/mol. The first kappa shape index (κ1) is 17.9. The molecule has 4 heteroatoms. The van der Waals surface area contributed by atoms with Crippen LogP contribution in [0.5, 0.6) is 5.75 Å². The molecule has 2 atom stereocenters. The third-order valence-electron chi connectivity index (χ3n) is 3.92. The summed E-state index contributed by atoms with van der Waals surface area (Å²) >= 11 is 0. The first-order valence-electron chi connectivity index (χ1n) is 8.12. The van der Waals surface area contributed by atoms with E-state index in [1.165, 1.54) is 0 Å². The minimum absolute atomic E-state index is 0.0127. The number of carbonyl (C=O) groups excluding carboxylic acids is 1. The van der Waals surface area contributed by atoms with Crippen molar-refractivity contribution < 1.29 is 20.3 Å². The molecular formula is C20H24NO3+. The van der Waals surface area contributed by atoms with Gasteiger partial charge in [-0.25, -0.2) is 0 Å². The Labute approximate surface area is 142 Å². The molecule has 2 rings (SSSR count). The minimum atomic E-state index is -0.547. The van der Waals surface area contributed by atoms with Gasteiger partial charge in [0, 0.05) is 0 Å². The summed E-state index contributed by atoms with van der Waals surface area (Å²) < 4.78 is 0. The number of ketones is 1. The van der Waals surface area contributed by atoms with Gasteiger partial charge in [-0.05, 0) is 36.3 Å². The molecule has 0 radical (unpaired) electrons. The number of hydrogen-bond donors (Lipinski definition) is 3. The quantitative estimate of drug-likeness (QED) is 0.650. The van der Waals surface area contributed by atoms with Gasteiger partial charge < -0.3 is 15.5 Å². The zero-order valence-electron chi connectivity index (χ0n) is 13.8. The molecule has 2 unspecified atom stereocenters. The van der Waals surface area contributed by atoms with Gasteiger partial charge in [-0.1, -0.05) is 48.5 Å². The normalized spacial score (nSPS) is 13.8. The largest absolute Gasteiger partial charge is 0.508 e.